The van der Waals surface area contributed by atoms with Gasteiger partial charge < -0.3 is 19.3 Å². The number of pyridine rings is 1. The molecule has 178 valence electrons. The summed E-state index contributed by atoms with van der Waals surface area (Å²) in [5.74, 6) is 0. The van der Waals surface area contributed by atoms with Crippen LogP contribution in [0.2, 0.25) is 0 Å². The molecule has 5 fully saturated rings. The maximum absolute atomic E-state index is 14.2. The van der Waals surface area contributed by atoms with Crippen molar-refractivity contribution < 1.29 is 18.7 Å². The average Bonchev–Trinajstić information content (AvgIpc) is 2.68. The number of alkyl halides is 1. The van der Waals surface area contributed by atoms with E-state index in [0.29, 0.717) is 45.6 Å². The zero-order chi connectivity index (χ0) is 23.5. The predicted octanol–water partition coefficient (Wildman–Crippen LogP) is 3.97. The smallest absolute Gasteiger partial charge is 0.410 e. The molecule has 7 nitrogen and oxygen atoms in total. The third-order valence-electron chi connectivity index (χ3n) is 7.56. The standard InChI is InChI=1S/C25H33FN4O3/c1-22(2,3)33-21(31)30(15-23-11-25(26,12-23)13-23)19-5-4-8-29(10-19)18-6-7-20(28-9-18)24(14-27)16-32-17-24/h6-7,9,19H,4-5,8,10-13,15-17H2,1-3H3/t19-,23?,25?/m1/s1. The van der Waals surface area contributed by atoms with E-state index in [1.165, 1.54) is 0 Å². The van der Waals surface area contributed by atoms with Crippen LogP contribution in [-0.2, 0) is 14.9 Å². The van der Waals surface area contributed by atoms with Crippen molar-refractivity contribution in [3.05, 3.63) is 24.0 Å². The lowest BCUT2D eigenvalue weighted by atomic mass is 9.42. The Kier molecular flexibility index (Phi) is 5.13. The Balaban J connectivity index is 1.30. The summed E-state index contributed by atoms with van der Waals surface area (Å²) in [7, 11) is 0. The molecule has 0 spiro atoms. The van der Waals surface area contributed by atoms with Crippen LogP contribution in [-0.4, -0.2) is 66.1 Å². The molecule has 3 aliphatic carbocycles. The van der Waals surface area contributed by atoms with Gasteiger partial charge in [-0.3, -0.25) is 4.98 Å². The van der Waals surface area contributed by atoms with Crippen LogP contribution in [0.5, 0.6) is 0 Å². The van der Waals surface area contributed by atoms with Gasteiger partial charge in [0.05, 0.1) is 42.9 Å². The van der Waals surface area contributed by atoms with Crippen LogP contribution in [0.15, 0.2) is 18.3 Å². The van der Waals surface area contributed by atoms with E-state index in [2.05, 4.69) is 16.0 Å². The lowest BCUT2D eigenvalue weighted by Gasteiger charge is -2.67. The summed E-state index contributed by atoms with van der Waals surface area (Å²) in [6.45, 7) is 8.53. The molecular formula is C25H33FN4O3. The fourth-order valence-corrected chi connectivity index (χ4v) is 5.93. The summed E-state index contributed by atoms with van der Waals surface area (Å²) in [5.41, 5.74) is -0.549. The van der Waals surface area contributed by atoms with Crippen molar-refractivity contribution in [1.29, 1.82) is 5.26 Å². The number of aromatic nitrogens is 1. The molecule has 1 atom stereocenters. The SMILES string of the molecule is CC(C)(C)OC(=O)N(CC12CC(F)(C1)C2)[C@@H]1CCCN(c2ccc(C3(C#N)COC3)nc2)C1. The topological polar surface area (TPSA) is 78.7 Å². The van der Waals surface area contributed by atoms with Crippen LogP contribution in [0.4, 0.5) is 14.9 Å². The van der Waals surface area contributed by atoms with Crippen LogP contribution in [0.1, 0.15) is 58.6 Å². The zero-order valence-corrected chi connectivity index (χ0v) is 19.8. The minimum Gasteiger partial charge on any atom is -0.444 e. The van der Waals surface area contributed by atoms with Gasteiger partial charge in [0.15, 0.2) is 0 Å². The van der Waals surface area contributed by atoms with E-state index in [1.54, 1.807) is 0 Å². The molecular weight excluding hydrogens is 423 g/mol. The van der Waals surface area contributed by atoms with Crippen molar-refractivity contribution in [2.75, 3.05) is 37.7 Å². The molecule has 0 N–H and O–H groups in total. The van der Waals surface area contributed by atoms with Gasteiger partial charge in [0.25, 0.3) is 0 Å². The Bertz CT molecular complexity index is 944. The molecule has 0 aromatic carbocycles. The number of ether oxygens (including phenoxy) is 2. The summed E-state index contributed by atoms with van der Waals surface area (Å²) in [6.07, 6.45) is 5.04. The number of piperidine rings is 1. The monoisotopic (exact) mass is 456 g/mol. The zero-order valence-electron chi connectivity index (χ0n) is 19.8. The summed E-state index contributed by atoms with van der Waals surface area (Å²) in [5, 5.41) is 9.52. The first-order chi connectivity index (χ1) is 15.5. The lowest BCUT2D eigenvalue weighted by molar-refractivity contribution is -0.221. The maximum Gasteiger partial charge on any atom is 0.410 e. The van der Waals surface area contributed by atoms with Gasteiger partial charge in [0.2, 0.25) is 0 Å². The number of amides is 1. The molecule has 6 rings (SSSR count). The first-order valence-corrected chi connectivity index (χ1v) is 11.9. The highest BCUT2D eigenvalue weighted by molar-refractivity contribution is 5.69. The molecule has 3 heterocycles. The van der Waals surface area contributed by atoms with Crippen molar-refractivity contribution in [2.45, 2.75) is 75.6 Å². The van der Waals surface area contributed by atoms with E-state index in [4.69, 9.17) is 9.47 Å². The van der Waals surface area contributed by atoms with Gasteiger partial charge in [0, 0.05) is 19.6 Å². The first kappa shape index (κ1) is 22.4. The summed E-state index contributed by atoms with van der Waals surface area (Å²) >= 11 is 0. The van der Waals surface area contributed by atoms with Crippen molar-refractivity contribution in [3.8, 4) is 6.07 Å². The van der Waals surface area contributed by atoms with Crippen LogP contribution in [0, 0.1) is 16.7 Å². The van der Waals surface area contributed by atoms with Gasteiger partial charge in [0.1, 0.15) is 16.7 Å². The van der Waals surface area contributed by atoms with Crippen LogP contribution >= 0.6 is 0 Å². The highest BCUT2D eigenvalue weighted by atomic mass is 19.1. The lowest BCUT2D eigenvalue weighted by Crippen LogP contribution is -2.69. The molecule has 1 amide bonds. The highest BCUT2D eigenvalue weighted by Gasteiger charge is 2.69. The normalized spacial score (nSPS) is 32.0. The van der Waals surface area contributed by atoms with Crippen LogP contribution in [0.3, 0.4) is 0 Å². The third-order valence-corrected chi connectivity index (χ3v) is 7.56. The summed E-state index contributed by atoms with van der Waals surface area (Å²) in [4.78, 5) is 21.9. The number of carbonyl (C=O) groups is 1. The molecule has 1 aromatic rings. The van der Waals surface area contributed by atoms with Gasteiger partial charge in [-0.2, -0.15) is 5.26 Å². The molecule has 3 saturated carbocycles. The average molecular weight is 457 g/mol. The molecule has 0 radical (unpaired) electrons. The van der Waals surface area contributed by atoms with Gasteiger partial charge >= 0.3 is 6.09 Å². The minimum atomic E-state index is -0.988. The van der Waals surface area contributed by atoms with E-state index in [1.807, 2.05) is 44.0 Å². The Morgan fingerprint density at radius 1 is 1.36 bits per heavy atom. The number of carbonyl (C=O) groups excluding carboxylic acids is 1. The quantitative estimate of drug-likeness (QED) is 0.667. The second kappa shape index (κ2) is 7.56. The highest BCUT2D eigenvalue weighted by Crippen LogP contribution is 2.69. The Morgan fingerprint density at radius 3 is 2.61 bits per heavy atom. The fourth-order valence-electron chi connectivity index (χ4n) is 5.93. The molecule has 2 aliphatic heterocycles. The first-order valence-electron chi connectivity index (χ1n) is 11.9. The van der Waals surface area contributed by atoms with Gasteiger partial charge in [-0.1, -0.05) is 0 Å². The van der Waals surface area contributed by atoms with E-state index >= 15 is 0 Å². The van der Waals surface area contributed by atoms with Crippen LogP contribution in [0.25, 0.3) is 0 Å². The maximum atomic E-state index is 14.2. The van der Waals surface area contributed by atoms with Gasteiger partial charge in [-0.05, 0) is 70.4 Å². The number of hydrogen-bond acceptors (Lipinski definition) is 6. The van der Waals surface area contributed by atoms with Crippen molar-refractivity contribution in [3.63, 3.8) is 0 Å². The number of anilines is 1. The van der Waals surface area contributed by atoms with Gasteiger partial charge in [-0.25, -0.2) is 9.18 Å². The Morgan fingerprint density at radius 2 is 2.09 bits per heavy atom. The van der Waals surface area contributed by atoms with Gasteiger partial charge in [-0.15, -0.1) is 0 Å². The summed E-state index contributed by atoms with van der Waals surface area (Å²) < 4.78 is 25.2. The van der Waals surface area contributed by atoms with Crippen molar-refractivity contribution in [2.24, 2.45) is 5.41 Å². The molecule has 2 bridgehead atoms. The Hall–Kier alpha value is -2.40. The van der Waals surface area contributed by atoms with E-state index in [0.717, 1.165) is 30.8 Å². The van der Waals surface area contributed by atoms with Crippen molar-refractivity contribution >= 4 is 11.8 Å². The van der Waals surface area contributed by atoms with E-state index in [-0.39, 0.29) is 17.6 Å². The van der Waals surface area contributed by atoms with E-state index in [9.17, 15) is 14.4 Å². The molecule has 5 aliphatic rings. The number of nitrogens with zero attached hydrogens (tertiary/aromatic N) is 4. The van der Waals surface area contributed by atoms with Crippen LogP contribution < -0.4 is 4.90 Å². The van der Waals surface area contributed by atoms with E-state index < -0.39 is 16.7 Å². The Labute approximate surface area is 194 Å². The summed E-state index contributed by atoms with van der Waals surface area (Å²) in [6, 6.07) is 6.26. The minimum absolute atomic E-state index is 0.00310. The fraction of sp³-hybridized carbons (Fsp3) is 0.720. The largest absolute Gasteiger partial charge is 0.444 e. The second-order valence-corrected chi connectivity index (χ2v) is 11.6. The second-order valence-electron chi connectivity index (χ2n) is 11.6. The number of halogens is 1. The third kappa shape index (κ3) is 4.05. The predicted molar refractivity (Wildman–Crippen MR) is 121 cm³/mol. The molecule has 1 aromatic heterocycles. The molecule has 2 saturated heterocycles. The van der Waals surface area contributed by atoms with Crippen molar-refractivity contribution in [1.82, 2.24) is 9.88 Å². The molecule has 8 heteroatoms. The number of hydrogen-bond donors (Lipinski definition) is 0. The number of nitriles is 1. The molecule has 33 heavy (non-hydrogen) atoms. The number of rotatable bonds is 5. The molecule has 0 unspecified atom stereocenters.